The lowest BCUT2D eigenvalue weighted by Crippen LogP contribution is -2.39. The summed E-state index contributed by atoms with van der Waals surface area (Å²) in [6.07, 6.45) is 5.76. The normalized spacial score (nSPS) is 14.7. The zero-order chi connectivity index (χ0) is 10.4. The second kappa shape index (κ2) is 5.49. The number of carbonyl (C=O) groups is 1. The molecule has 0 saturated carbocycles. The Kier molecular flexibility index (Phi) is 4.26. The first kappa shape index (κ1) is 10.9. The molecule has 0 aromatic heterocycles. The third kappa shape index (κ3) is 2.92. The highest BCUT2D eigenvalue weighted by Gasteiger charge is 2.21. The maximum absolute atomic E-state index is 10.8. The third-order valence-corrected chi connectivity index (χ3v) is 1.96. The standard InChI is InChI=1S/C9H14BNO3/c1-3-11-7-5-4-6-10(11)14-8-9(12)13-2/h4-7H,3,8H2,1-2H3. The fraction of sp³-hybridized carbons (Fsp3) is 0.444. The average molecular weight is 195 g/mol. The molecule has 1 rings (SSSR count). The number of ether oxygens (including phenoxy) is 1. The number of hydrogen-bond acceptors (Lipinski definition) is 4. The number of rotatable bonds is 4. The summed E-state index contributed by atoms with van der Waals surface area (Å²) < 4.78 is 9.84. The van der Waals surface area contributed by atoms with E-state index in [1.54, 1.807) is 0 Å². The predicted octanol–water partition coefficient (Wildman–Crippen LogP) is 0.609. The van der Waals surface area contributed by atoms with Gasteiger partial charge in [0, 0.05) is 6.54 Å². The van der Waals surface area contributed by atoms with Crippen LogP contribution >= 0.6 is 0 Å². The van der Waals surface area contributed by atoms with E-state index >= 15 is 0 Å². The number of carbonyl (C=O) groups excluding carboxylic acids is 1. The monoisotopic (exact) mass is 195 g/mol. The maximum atomic E-state index is 10.8. The quantitative estimate of drug-likeness (QED) is 0.486. The second-order valence-electron chi connectivity index (χ2n) is 2.83. The highest BCUT2D eigenvalue weighted by atomic mass is 16.6. The summed E-state index contributed by atoms with van der Waals surface area (Å²) in [4.78, 5) is 12.8. The van der Waals surface area contributed by atoms with Gasteiger partial charge in [-0.3, -0.25) is 0 Å². The number of hydrogen-bond donors (Lipinski definition) is 0. The van der Waals surface area contributed by atoms with Crippen molar-refractivity contribution in [2.75, 3.05) is 20.3 Å². The van der Waals surface area contributed by atoms with Crippen LogP contribution in [0.3, 0.4) is 0 Å². The number of methoxy groups -OCH3 is 1. The van der Waals surface area contributed by atoms with Crippen molar-refractivity contribution in [2.45, 2.75) is 6.92 Å². The molecule has 0 aromatic carbocycles. The topological polar surface area (TPSA) is 38.8 Å². The van der Waals surface area contributed by atoms with E-state index in [9.17, 15) is 4.79 Å². The van der Waals surface area contributed by atoms with Gasteiger partial charge in [-0.2, -0.15) is 0 Å². The lowest BCUT2D eigenvalue weighted by molar-refractivity contribution is -0.143. The predicted molar refractivity (Wildman–Crippen MR) is 54.4 cm³/mol. The summed E-state index contributed by atoms with van der Waals surface area (Å²) >= 11 is 0. The van der Waals surface area contributed by atoms with Crippen LogP contribution in [0.15, 0.2) is 24.3 Å². The van der Waals surface area contributed by atoms with Gasteiger partial charge < -0.3 is 14.2 Å². The van der Waals surface area contributed by atoms with Crippen molar-refractivity contribution in [3.63, 3.8) is 0 Å². The Morgan fingerprint density at radius 1 is 1.50 bits per heavy atom. The van der Waals surface area contributed by atoms with Gasteiger partial charge in [-0.05, 0) is 19.2 Å². The highest BCUT2D eigenvalue weighted by molar-refractivity contribution is 6.55. The van der Waals surface area contributed by atoms with Crippen LogP contribution in [0, 0.1) is 0 Å². The van der Waals surface area contributed by atoms with Gasteiger partial charge >= 0.3 is 13.0 Å². The molecule has 0 N–H and O–H groups in total. The minimum atomic E-state index is -0.357. The van der Waals surface area contributed by atoms with Gasteiger partial charge in [0.05, 0.1) is 7.11 Å². The Bertz CT molecular complexity index is 252. The minimum Gasteiger partial charge on any atom is -0.467 e. The van der Waals surface area contributed by atoms with Gasteiger partial charge in [-0.15, -0.1) is 0 Å². The smallest absolute Gasteiger partial charge is 0.444 e. The zero-order valence-corrected chi connectivity index (χ0v) is 8.47. The van der Waals surface area contributed by atoms with Gasteiger partial charge in [0.25, 0.3) is 0 Å². The molecule has 1 aliphatic heterocycles. The maximum Gasteiger partial charge on any atom is 0.444 e. The molecule has 0 radical (unpaired) electrons. The molecule has 0 aromatic rings. The Labute approximate surface area is 84.3 Å². The fourth-order valence-electron chi connectivity index (χ4n) is 1.16. The number of nitrogens with zero attached hydrogens (tertiary/aromatic N) is 1. The van der Waals surface area contributed by atoms with Crippen molar-refractivity contribution in [3.05, 3.63) is 24.3 Å². The number of allylic oxidation sites excluding steroid dienone is 2. The van der Waals surface area contributed by atoms with E-state index in [-0.39, 0.29) is 19.6 Å². The molecular weight excluding hydrogens is 181 g/mol. The lowest BCUT2D eigenvalue weighted by atomic mass is 9.78. The van der Waals surface area contributed by atoms with Crippen LogP contribution in [0.2, 0.25) is 0 Å². The molecule has 1 heterocycles. The van der Waals surface area contributed by atoms with E-state index in [0.29, 0.717) is 0 Å². The van der Waals surface area contributed by atoms with E-state index in [1.807, 2.05) is 36.1 Å². The third-order valence-electron chi connectivity index (χ3n) is 1.96. The summed E-state index contributed by atoms with van der Waals surface area (Å²) in [5, 5.41) is 0. The molecule has 0 saturated heterocycles. The first-order valence-corrected chi connectivity index (χ1v) is 4.57. The van der Waals surface area contributed by atoms with E-state index in [0.717, 1.165) is 6.54 Å². The highest BCUT2D eigenvalue weighted by Crippen LogP contribution is 2.05. The first-order valence-electron chi connectivity index (χ1n) is 4.57. The van der Waals surface area contributed by atoms with Crippen molar-refractivity contribution < 1.29 is 14.2 Å². The van der Waals surface area contributed by atoms with Crippen LogP contribution in [0.5, 0.6) is 0 Å². The number of esters is 1. The van der Waals surface area contributed by atoms with E-state index in [2.05, 4.69) is 4.74 Å². The molecular formula is C9H14BNO3. The van der Waals surface area contributed by atoms with Crippen LogP contribution in [0.1, 0.15) is 6.92 Å². The minimum absolute atomic E-state index is 0.0180. The molecule has 0 atom stereocenters. The van der Waals surface area contributed by atoms with Gasteiger partial charge in [0.1, 0.15) is 6.61 Å². The van der Waals surface area contributed by atoms with E-state index in [1.165, 1.54) is 7.11 Å². The fourth-order valence-corrected chi connectivity index (χ4v) is 1.16. The average Bonchev–Trinajstić information content (AvgIpc) is 2.26. The first-order chi connectivity index (χ1) is 6.77. The Hall–Kier alpha value is -1.23. The summed E-state index contributed by atoms with van der Waals surface area (Å²) in [5.41, 5.74) is 0. The van der Waals surface area contributed by atoms with Crippen molar-refractivity contribution in [3.8, 4) is 0 Å². The molecule has 0 fully saturated rings. The van der Waals surface area contributed by atoms with Crippen LogP contribution in [0.25, 0.3) is 0 Å². The van der Waals surface area contributed by atoms with Gasteiger partial charge in [-0.1, -0.05) is 12.1 Å². The zero-order valence-electron chi connectivity index (χ0n) is 8.47. The molecule has 0 bridgehead atoms. The summed E-state index contributed by atoms with van der Waals surface area (Å²) in [5.74, 6) is 1.54. The molecule has 4 nitrogen and oxygen atoms in total. The van der Waals surface area contributed by atoms with Gasteiger partial charge in [0.2, 0.25) is 0 Å². The Balaban J connectivity index is 2.39. The van der Waals surface area contributed by atoms with Crippen LogP contribution in [-0.2, 0) is 14.2 Å². The molecule has 0 amide bonds. The van der Waals surface area contributed by atoms with Crippen LogP contribution < -0.4 is 0 Å². The summed E-state index contributed by atoms with van der Waals surface area (Å²) in [7, 11) is 1.18. The van der Waals surface area contributed by atoms with E-state index < -0.39 is 0 Å². The summed E-state index contributed by atoms with van der Waals surface area (Å²) in [6, 6.07) is 0. The van der Waals surface area contributed by atoms with E-state index in [4.69, 9.17) is 4.65 Å². The molecule has 1 aliphatic rings. The largest absolute Gasteiger partial charge is 0.467 e. The van der Waals surface area contributed by atoms with Gasteiger partial charge in [0.15, 0.2) is 0 Å². The molecule has 0 unspecified atom stereocenters. The molecule has 5 heteroatoms. The lowest BCUT2D eigenvalue weighted by Gasteiger charge is -2.25. The Morgan fingerprint density at radius 3 is 2.93 bits per heavy atom. The summed E-state index contributed by atoms with van der Waals surface area (Å²) in [6.45, 7) is 2.85. The molecule has 14 heavy (non-hydrogen) atoms. The van der Waals surface area contributed by atoms with Crippen molar-refractivity contribution in [1.82, 2.24) is 4.81 Å². The van der Waals surface area contributed by atoms with Crippen molar-refractivity contribution >= 4 is 13.0 Å². The molecule has 0 aliphatic carbocycles. The van der Waals surface area contributed by atoms with Gasteiger partial charge in [-0.25, -0.2) is 4.79 Å². The van der Waals surface area contributed by atoms with Crippen LogP contribution in [-0.4, -0.2) is 38.1 Å². The van der Waals surface area contributed by atoms with Crippen LogP contribution in [0.4, 0.5) is 0 Å². The van der Waals surface area contributed by atoms with Crippen molar-refractivity contribution in [1.29, 1.82) is 0 Å². The van der Waals surface area contributed by atoms with Crippen molar-refractivity contribution in [2.24, 2.45) is 0 Å². The molecule has 0 spiro atoms. The molecule has 76 valence electrons. The second-order valence-corrected chi connectivity index (χ2v) is 2.83. The Morgan fingerprint density at radius 2 is 2.29 bits per heavy atom. The SMILES string of the molecule is CCN1C=CC=CB1OCC(=O)OC.